The lowest BCUT2D eigenvalue weighted by atomic mass is 9.77. The molecule has 1 aromatic heterocycles. The molecule has 0 aromatic carbocycles. The highest BCUT2D eigenvalue weighted by Gasteiger charge is 2.46. The third-order valence-corrected chi connectivity index (χ3v) is 7.61. The fraction of sp³-hybridized carbons (Fsp3) is 0.524. The summed E-state index contributed by atoms with van der Waals surface area (Å²) >= 11 is 7.71. The molecule has 0 spiro atoms. The van der Waals surface area contributed by atoms with Gasteiger partial charge < -0.3 is 4.90 Å². The Labute approximate surface area is 179 Å². The van der Waals surface area contributed by atoms with Crippen molar-refractivity contribution in [1.82, 2.24) is 10.4 Å². The standard InChI is InChI=1S/C21H26ClFN2O3S/c1-3-15(23)11-16(22)13(2)21(7-4-5-8-21)20(27)25-9-6-14-10-17(19(26)24-28)29-18(14)12-25/h10-11,28H,3-9,12H2,1-2H3,(H,24,26). The van der Waals surface area contributed by atoms with E-state index in [1.165, 1.54) is 17.4 Å². The zero-order valence-electron chi connectivity index (χ0n) is 16.7. The highest BCUT2D eigenvalue weighted by Crippen LogP contribution is 2.48. The number of halogens is 2. The largest absolute Gasteiger partial charge is 0.336 e. The van der Waals surface area contributed by atoms with Gasteiger partial charge in [0.15, 0.2) is 0 Å². The van der Waals surface area contributed by atoms with E-state index in [-0.39, 0.29) is 18.2 Å². The van der Waals surface area contributed by atoms with Crippen LogP contribution in [0.5, 0.6) is 0 Å². The number of thiophene rings is 1. The Bertz CT molecular complexity index is 871. The topological polar surface area (TPSA) is 69.6 Å². The Hall–Kier alpha value is -1.70. The maximum atomic E-state index is 13.8. The van der Waals surface area contributed by atoms with E-state index in [9.17, 15) is 14.0 Å². The van der Waals surface area contributed by atoms with Gasteiger partial charge in [0.1, 0.15) is 5.83 Å². The summed E-state index contributed by atoms with van der Waals surface area (Å²) in [5.74, 6) is -0.807. The Balaban J connectivity index is 1.88. The average molecular weight is 441 g/mol. The van der Waals surface area contributed by atoms with Gasteiger partial charge in [0.05, 0.1) is 16.8 Å². The van der Waals surface area contributed by atoms with Gasteiger partial charge in [0.2, 0.25) is 5.91 Å². The van der Waals surface area contributed by atoms with Gasteiger partial charge in [-0.25, -0.2) is 9.87 Å². The predicted octanol–water partition coefficient (Wildman–Crippen LogP) is 5.09. The van der Waals surface area contributed by atoms with Crippen LogP contribution in [0.25, 0.3) is 0 Å². The summed E-state index contributed by atoms with van der Waals surface area (Å²) in [6.07, 6.45) is 5.55. The normalized spacial score (nSPS) is 19.6. The highest BCUT2D eigenvalue weighted by molar-refractivity contribution is 7.14. The number of hydrogen-bond acceptors (Lipinski definition) is 4. The van der Waals surface area contributed by atoms with E-state index in [1.807, 2.05) is 11.8 Å². The maximum absolute atomic E-state index is 13.8. The van der Waals surface area contributed by atoms with Gasteiger partial charge in [-0.15, -0.1) is 11.3 Å². The van der Waals surface area contributed by atoms with Crippen molar-refractivity contribution in [3.05, 3.63) is 43.9 Å². The number of rotatable bonds is 5. The van der Waals surface area contributed by atoms with E-state index < -0.39 is 11.3 Å². The second-order valence-corrected chi connectivity index (χ2v) is 9.23. The minimum atomic E-state index is -0.693. The molecule has 1 fully saturated rings. The first-order chi connectivity index (χ1) is 13.8. The number of hydrogen-bond donors (Lipinski definition) is 2. The molecule has 1 saturated carbocycles. The van der Waals surface area contributed by atoms with Crippen LogP contribution in [0.3, 0.4) is 0 Å². The molecule has 0 bridgehead atoms. The fourth-order valence-corrected chi connectivity index (χ4v) is 5.68. The first-order valence-corrected chi connectivity index (χ1v) is 11.1. The summed E-state index contributed by atoms with van der Waals surface area (Å²) in [6.45, 7) is 4.56. The number of hydroxylamine groups is 1. The minimum absolute atomic E-state index is 0.0307. The number of nitrogens with zero attached hydrogens (tertiary/aromatic N) is 1. The van der Waals surface area contributed by atoms with Gasteiger partial charge in [0, 0.05) is 16.5 Å². The number of carbonyl (C=O) groups excluding carboxylic acids is 2. The minimum Gasteiger partial charge on any atom is -0.336 e. The van der Waals surface area contributed by atoms with Gasteiger partial charge in [-0.1, -0.05) is 31.4 Å². The number of carbonyl (C=O) groups is 2. The van der Waals surface area contributed by atoms with Crippen LogP contribution in [-0.4, -0.2) is 28.5 Å². The summed E-state index contributed by atoms with van der Waals surface area (Å²) in [5.41, 5.74) is 2.74. The van der Waals surface area contributed by atoms with Crippen molar-refractivity contribution in [2.45, 2.75) is 58.9 Å². The third kappa shape index (κ3) is 4.27. The monoisotopic (exact) mass is 440 g/mol. The molecule has 2 amide bonds. The Morgan fingerprint density at radius 2 is 2.10 bits per heavy atom. The van der Waals surface area contributed by atoms with Gasteiger partial charge in [0.25, 0.3) is 5.91 Å². The van der Waals surface area contributed by atoms with Crippen LogP contribution in [0.2, 0.25) is 0 Å². The van der Waals surface area contributed by atoms with Crippen molar-refractivity contribution in [2.75, 3.05) is 6.54 Å². The second-order valence-electron chi connectivity index (χ2n) is 7.68. The summed E-state index contributed by atoms with van der Waals surface area (Å²) in [5, 5.41) is 9.17. The van der Waals surface area contributed by atoms with Crippen molar-refractivity contribution >= 4 is 34.8 Å². The van der Waals surface area contributed by atoms with Crippen LogP contribution in [-0.2, 0) is 17.8 Å². The van der Waals surface area contributed by atoms with E-state index in [0.29, 0.717) is 42.3 Å². The molecule has 0 radical (unpaired) electrons. The van der Waals surface area contributed by atoms with Gasteiger partial charge in [-0.2, -0.15) is 0 Å². The summed E-state index contributed by atoms with van der Waals surface area (Å²) < 4.78 is 13.8. The summed E-state index contributed by atoms with van der Waals surface area (Å²) in [4.78, 5) is 28.6. The van der Waals surface area contributed by atoms with Crippen LogP contribution in [0, 0.1) is 5.41 Å². The Kier molecular flexibility index (Phi) is 6.81. The van der Waals surface area contributed by atoms with Crippen molar-refractivity contribution in [1.29, 1.82) is 0 Å². The molecule has 1 aliphatic heterocycles. The number of nitrogens with one attached hydrogen (secondary N) is 1. The molecule has 2 heterocycles. The molecule has 8 heteroatoms. The van der Waals surface area contributed by atoms with E-state index in [1.54, 1.807) is 18.5 Å². The average Bonchev–Trinajstić information content (AvgIpc) is 3.39. The molecule has 29 heavy (non-hydrogen) atoms. The quantitative estimate of drug-likeness (QED) is 0.380. The summed E-state index contributed by atoms with van der Waals surface area (Å²) in [6, 6.07) is 1.78. The number of fused-ring (bicyclic) bond motifs is 1. The zero-order valence-corrected chi connectivity index (χ0v) is 18.3. The first kappa shape index (κ1) is 22.0. The lowest BCUT2D eigenvalue weighted by Gasteiger charge is -2.37. The molecule has 2 aliphatic rings. The van der Waals surface area contributed by atoms with Crippen molar-refractivity contribution in [3.8, 4) is 0 Å². The number of allylic oxidation sites excluding steroid dienone is 3. The lowest BCUT2D eigenvalue weighted by molar-refractivity contribution is -0.140. The molecular weight excluding hydrogens is 415 g/mol. The highest BCUT2D eigenvalue weighted by atomic mass is 35.5. The van der Waals surface area contributed by atoms with Gasteiger partial charge in [-0.3, -0.25) is 14.8 Å². The Morgan fingerprint density at radius 3 is 2.72 bits per heavy atom. The van der Waals surface area contributed by atoms with Crippen LogP contribution < -0.4 is 5.48 Å². The molecule has 1 aliphatic carbocycles. The van der Waals surface area contributed by atoms with Gasteiger partial charge >= 0.3 is 0 Å². The number of amides is 2. The van der Waals surface area contributed by atoms with E-state index in [0.717, 1.165) is 28.9 Å². The van der Waals surface area contributed by atoms with Crippen molar-refractivity contribution < 1.29 is 19.2 Å². The first-order valence-electron chi connectivity index (χ1n) is 9.90. The smallest absolute Gasteiger partial charge is 0.284 e. The van der Waals surface area contributed by atoms with Gasteiger partial charge in [-0.05, 0) is 55.9 Å². The van der Waals surface area contributed by atoms with E-state index in [4.69, 9.17) is 16.8 Å². The lowest BCUT2D eigenvalue weighted by Crippen LogP contribution is -2.45. The van der Waals surface area contributed by atoms with Crippen molar-refractivity contribution in [2.24, 2.45) is 5.41 Å². The van der Waals surface area contributed by atoms with Crippen molar-refractivity contribution in [3.63, 3.8) is 0 Å². The summed E-state index contributed by atoms with van der Waals surface area (Å²) in [7, 11) is 0. The van der Waals surface area contributed by atoms with Crippen LogP contribution in [0.4, 0.5) is 4.39 Å². The SMILES string of the molecule is CCC(F)=CC(Cl)=C(C)C1(C(=O)N2CCc3cc(C(=O)NO)sc3C2)CCCC1. The molecular formula is C21H26ClFN2O3S. The molecule has 0 unspecified atom stereocenters. The van der Waals surface area contributed by atoms with E-state index in [2.05, 4.69) is 0 Å². The molecule has 5 nitrogen and oxygen atoms in total. The van der Waals surface area contributed by atoms with Crippen LogP contribution in [0.1, 0.15) is 66.1 Å². The van der Waals surface area contributed by atoms with E-state index >= 15 is 0 Å². The fourth-order valence-electron chi connectivity index (χ4n) is 4.27. The molecule has 0 saturated heterocycles. The van der Waals surface area contributed by atoms with Crippen LogP contribution in [0.15, 0.2) is 28.6 Å². The molecule has 158 valence electrons. The zero-order chi connectivity index (χ0) is 21.2. The molecule has 3 rings (SSSR count). The molecule has 1 aromatic rings. The maximum Gasteiger partial charge on any atom is 0.284 e. The molecule has 0 atom stereocenters. The predicted molar refractivity (Wildman–Crippen MR) is 112 cm³/mol. The molecule has 2 N–H and O–H groups in total. The van der Waals surface area contributed by atoms with Crippen LogP contribution >= 0.6 is 22.9 Å². The second kappa shape index (κ2) is 8.98. The Morgan fingerprint density at radius 1 is 1.41 bits per heavy atom. The third-order valence-electron chi connectivity index (χ3n) is 6.06.